The number of carbonyl (C=O) groups excluding carboxylic acids is 1. The fraction of sp³-hybridized carbons (Fsp3) is 0.0714. The minimum Gasteiger partial charge on any atom is -0.334 e. The molecule has 0 spiro atoms. The Kier molecular flexibility index (Phi) is 2.34. The number of nitrogens with zero attached hydrogens (tertiary/aromatic N) is 1. The van der Waals surface area contributed by atoms with Gasteiger partial charge in [-0.3, -0.25) is 4.79 Å². The first kappa shape index (κ1) is 11.3. The standard InChI is InChI=1S/C14H10N2OS2/c17-14-9-2-1-3-11-13(9)16(7-15-14)10-5-4-8(18)6-12(10)19-11/h1-6,18H,7H2,(H,15,17). The molecule has 1 N–H and O–H groups in total. The number of benzene rings is 2. The van der Waals surface area contributed by atoms with Crippen molar-refractivity contribution in [2.75, 3.05) is 11.6 Å². The predicted octanol–water partition coefficient (Wildman–Crippen LogP) is 3.28. The summed E-state index contributed by atoms with van der Waals surface area (Å²) in [5, 5.41) is 2.91. The molecule has 2 heterocycles. The lowest BCUT2D eigenvalue weighted by molar-refractivity contribution is 0.0949. The summed E-state index contributed by atoms with van der Waals surface area (Å²) in [5.74, 6) is 0.00275. The molecule has 5 heteroatoms. The molecule has 2 aliphatic heterocycles. The van der Waals surface area contributed by atoms with Gasteiger partial charge in [-0.15, -0.1) is 12.6 Å². The number of carbonyl (C=O) groups is 1. The summed E-state index contributed by atoms with van der Waals surface area (Å²) in [7, 11) is 0. The van der Waals surface area contributed by atoms with Gasteiger partial charge in [0.1, 0.15) is 0 Å². The van der Waals surface area contributed by atoms with Crippen molar-refractivity contribution in [3.8, 4) is 0 Å². The molecule has 1 amide bonds. The van der Waals surface area contributed by atoms with Crippen LogP contribution in [-0.2, 0) is 0 Å². The molecule has 2 aromatic rings. The molecule has 0 aromatic heterocycles. The first-order valence-electron chi connectivity index (χ1n) is 5.94. The van der Waals surface area contributed by atoms with Crippen molar-refractivity contribution in [1.29, 1.82) is 0 Å². The Bertz CT molecular complexity index is 715. The molecule has 4 rings (SSSR count). The van der Waals surface area contributed by atoms with Crippen LogP contribution in [0.1, 0.15) is 10.4 Å². The summed E-state index contributed by atoms with van der Waals surface area (Å²) in [6.45, 7) is 0.516. The lowest BCUT2D eigenvalue weighted by atomic mass is 10.1. The van der Waals surface area contributed by atoms with Crippen molar-refractivity contribution < 1.29 is 4.79 Å². The molecule has 0 bridgehead atoms. The topological polar surface area (TPSA) is 32.3 Å². The van der Waals surface area contributed by atoms with Gasteiger partial charge in [-0.1, -0.05) is 17.8 Å². The molecule has 0 unspecified atom stereocenters. The van der Waals surface area contributed by atoms with Crippen LogP contribution in [0.4, 0.5) is 11.4 Å². The van der Waals surface area contributed by atoms with Crippen LogP contribution in [0.25, 0.3) is 0 Å². The van der Waals surface area contributed by atoms with E-state index in [-0.39, 0.29) is 5.91 Å². The van der Waals surface area contributed by atoms with Crippen molar-refractivity contribution in [2.24, 2.45) is 0 Å². The largest absolute Gasteiger partial charge is 0.334 e. The Morgan fingerprint density at radius 1 is 1.21 bits per heavy atom. The van der Waals surface area contributed by atoms with Crippen molar-refractivity contribution in [2.45, 2.75) is 14.7 Å². The summed E-state index contributed by atoms with van der Waals surface area (Å²) < 4.78 is 0. The van der Waals surface area contributed by atoms with Crippen LogP contribution in [-0.4, -0.2) is 12.6 Å². The maximum Gasteiger partial charge on any atom is 0.254 e. The van der Waals surface area contributed by atoms with E-state index in [1.165, 1.54) is 4.90 Å². The second kappa shape index (κ2) is 3.95. The summed E-state index contributed by atoms with van der Waals surface area (Å²) >= 11 is 6.09. The maximum atomic E-state index is 11.9. The normalized spacial score (nSPS) is 15.6. The third-order valence-corrected chi connectivity index (χ3v) is 4.74. The lowest BCUT2D eigenvalue weighted by Gasteiger charge is -2.37. The summed E-state index contributed by atoms with van der Waals surface area (Å²) in [5.41, 5.74) is 2.90. The van der Waals surface area contributed by atoms with Crippen molar-refractivity contribution in [3.05, 3.63) is 42.0 Å². The van der Waals surface area contributed by atoms with E-state index in [1.54, 1.807) is 11.8 Å². The van der Waals surface area contributed by atoms with E-state index >= 15 is 0 Å². The van der Waals surface area contributed by atoms with Crippen LogP contribution in [0.5, 0.6) is 0 Å². The number of hydrogen-bond donors (Lipinski definition) is 2. The fourth-order valence-electron chi connectivity index (χ4n) is 2.52. The highest BCUT2D eigenvalue weighted by molar-refractivity contribution is 7.99. The SMILES string of the molecule is O=C1NCN2c3ccc(S)cc3Sc3cccc1c32. The van der Waals surface area contributed by atoms with Gasteiger partial charge in [0.25, 0.3) is 5.91 Å². The van der Waals surface area contributed by atoms with Gasteiger partial charge < -0.3 is 10.2 Å². The number of rotatable bonds is 0. The molecule has 3 nitrogen and oxygen atoms in total. The van der Waals surface area contributed by atoms with Crippen LogP contribution in [0, 0.1) is 0 Å². The zero-order valence-corrected chi connectivity index (χ0v) is 11.6. The average Bonchev–Trinajstić information content (AvgIpc) is 2.41. The maximum absolute atomic E-state index is 11.9. The Hall–Kier alpha value is -1.59. The van der Waals surface area contributed by atoms with Gasteiger partial charge in [-0.05, 0) is 30.3 Å². The predicted molar refractivity (Wildman–Crippen MR) is 78.7 cm³/mol. The van der Waals surface area contributed by atoms with Gasteiger partial charge in [-0.2, -0.15) is 0 Å². The Morgan fingerprint density at radius 3 is 3.00 bits per heavy atom. The van der Waals surface area contributed by atoms with E-state index in [0.29, 0.717) is 6.67 Å². The molecule has 0 saturated heterocycles. The van der Waals surface area contributed by atoms with E-state index in [0.717, 1.165) is 26.7 Å². The quantitative estimate of drug-likeness (QED) is 0.729. The number of thiol groups is 1. The molecule has 0 aliphatic carbocycles. The highest BCUT2D eigenvalue weighted by atomic mass is 32.2. The van der Waals surface area contributed by atoms with E-state index in [4.69, 9.17) is 0 Å². The number of anilines is 2. The van der Waals surface area contributed by atoms with E-state index < -0.39 is 0 Å². The molecular formula is C14H10N2OS2. The molecule has 0 saturated carbocycles. The molecule has 94 valence electrons. The minimum absolute atomic E-state index is 0.00275. The number of para-hydroxylation sites is 1. The van der Waals surface area contributed by atoms with E-state index in [2.05, 4.69) is 41.0 Å². The summed E-state index contributed by atoms with van der Waals surface area (Å²) in [6, 6.07) is 12.0. The lowest BCUT2D eigenvalue weighted by Crippen LogP contribution is -2.42. The molecule has 0 radical (unpaired) electrons. The van der Waals surface area contributed by atoms with Crippen molar-refractivity contribution >= 4 is 41.7 Å². The highest BCUT2D eigenvalue weighted by Gasteiger charge is 2.31. The van der Waals surface area contributed by atoms with Gasteiger partial charge in [0.05, 0.1) is 23.6 Å². The second-order valence-electron chi connectivity index (χ2n) is 4.50. The van der Waals surface area contributed by atoms with E-state index in [9.17, 15) is 4.79 Å². The molecule has 0 atom stereocenters. The second-order valence-corrected chi connectivity index (χ2v) is 6.10. The van der Waals surface area contributed by atoms with Crippen molar-refractivity contribution in [3.63, 3.8) is 0 Å². The first-order valence-corrected chi connectivity index (χ1v) is 7.20. The molecule has 2 aromatic carbocycles. The summed E-state index contributed by atoms with van der Waals surface area (Å²) in [4.78, 5) is 17.3. The van der Waals surface area contributed by atoms with Crippen LogP contribution in [0.15, 0.2) is 51.1 Å². The van der Waals surface area contributed by atoms with Gasteiger partial charge in [0.2, 0.25) is 0 Å². The highest BCUT2D eigenvalue weighted by Crippen LogP contribution is 2.50. The van der Waals surface area contributed by atoms with Crippen LogP contribution in [0.2, 0.25) is 0 Å². The zero-order chi connectivity index (χ0) is 13.0. The molecular weight excluding hydrogens is 276 g/mol. The van der Waals surface area contributed by atoms with E-state index in [1.807, 2.05) is 18.2 Å². The number of hydrogen-bond acceptors (Lipinski definition) is 4. The van der Waals surface area contributed by atoms with Gasteiger partial charge in [-0.25, -0.2) is 0 Å². The monoisotopic (exact) mass is 286 g/mol. The van der Waals surface area contributed by atoms with Crippen LogP contribution < -0.4 is 10.2 Å². The van der Waals surface area contributed by atoms with Crippen LogP contribution in [0.3, 0.4) is 0 Å². The minimum atomic E-state index is 0.00275. The van der Waals surface area contributed by atoms with Gasteiger partial charge >= 0.3 is 0 Å². The van der Waals surface area contributed by atoms with Crippen molar-refractivity contribution in [1.82, 2.24) is 5.32 Å². The first-order chi connectivity index (χ1) is 9.24. The third-order valence-electron chi connectivity index (χ3n) is 3.37. The average molecular weight is 286 g/mol. The third kappa shape index (κ3) is 1.58. The smallest absolute Gasteiger partial charge is 0.254 e. The summed E-state index contributed by atoms with van der Waals surface area (Å²) in [6.07, 6.45) is 0. The number of nitrogens with one attached hydrogen (secondary N) is 1. The molecule has 2 aliphatic rings. The Balaban J connectivity index is 1.98. The number of fused-ring (bicyclic) bond motifs is 2. The Morgan fingerprint density at radius 2 is 2.11 bits per heavy atom. The molecule has 0 fully saturated rings. The number of amides is 1. The Labute approximate surface area is 120 Å². The van der Waals surface area contributed by atoms with Crippen LogP contribution >= 0.6 is 24.4 Å². The molecule has 19 heavy (non-hydrogen) atoms. The fourth-order valence-corrected chi connectivity index (χ4v) is 3.98. The van der Waals surface area contributed by atoms with Gasteiger partial charge in [0, 0.05) is 14.7 Å². The van der Waals surface area contributed by atoms with Gasteiger partial charge in [0.15, 0.2) is 0 Å². The zero-order valence-electron chi connectivity index (χ0n) is 9.88.